The van der Waals surface area contributed by atoms with E-state index in [1.165, 1.54) is 4.90 Å². The third kappa shape index (κ3) is 2.38. The summed E-state index contributed by atoms with van der Waals surface area (Å²) in [6.45, 7) is 3.32. The SMILES string of the molecule is CCN1CCN(C(F)F)CC1. The quantitative estimate of drug-likeness (QED) is 0.558. The minimum Gasteiger partial charge on any atom is -0.301 e. The molecule has 11 heavy (non-hydrogen) atoms. The molecule has 0 saturated carbocycles. The van der Waals surface area contributed by atoms with Crippen molar-refractivity contribution in [1.82, 2.24) is 9.80 Å². The highest BCUT2D eigenvalue weighted by atomic mass is 19.3. The van der Waals surface area contributed by atoms with Crippen molar-refractivity contribution in [2.75, 3.05) is 32.7 Å². The van der Waals surface area contributed by atoms with E-state index in [1.807, 2.05) is 0 Å². The molecule has 0 amide bonds. The van der Waals surface area contributed by atoms with Gasteiger partial charge in [0.05, 0.1) is 0 Å². The molecule has 0 radical (unpaired) electrons. The summed E-state index contributed by atoms with van der Waals surface area (Å²) in [6, 6.07) is 0. The predicted octanol–water partition coefficient (Wildman–Crippen LogP) is 0.846. The van der Waals surface area contributed by atoms with Crippen LogP contribution in [0.3, 0.4) is 0 Å². The molecular formula is C7H14F2N2. The lowest BCUT2D eigenvalue weighted by atomic mass is 10.3. The Bertz CT molecular complexity index is 111. The summed E-state index contributed by atoms with van der Waals surface area (Å²) in [5.41, 5.74) is 0. The van der Waals surface area contributed by atoms with Gasteiger partial charge in [-0.05, 0) is 6.54 Å². The molecular weight excluding hydrogens is 150 g/mol. The zero-order chi connectivity index (χ0) is 8.27. The van der Waals surface area contributed by atoms with Crippen LogP contribution in [0, 0.1) is 0 Å². The van der Waals surface area contributed by atoms with Crippen molar-refractivity contribution >= 4 is 0 Å². The van der Waals surface area contributed by atoms with E-state index in [0.29, 0.717) is 13.1 Å². The minimum atomic E-state index is -2.27. The molecule has 0 aromatic rings. The van der Waals surface area contributed by atoms with Crippen LogP contribution in [-0.2, 0) is 0 Å². The molecule has 0 bridgehead atoms. The number of piperazine rings is 1. The van der Waals surface area contributed by atoms with Crippen LogP contribution in [0.1, 0.15) is 6.92 Å². The maximum atomic E-state index is 12.1. The Morgan fingerprint density at radius 1 is 1.18 bits per heavy atom. The topological polar surface area (TPSA) is 6.48 Å². The van der Waals surface area contributed by atoms with Gasteiger partial charge in [-0.15, -0.1) is 0 Å². The fraction of sp³-hybridized carbons (Fsp3) is 1.00. The lowest BCUT2D eigenvalue weighted by molar-refractivity contribution is -0.0504. The summed E-state index contributed by atoms with van der Waals surface area (Å²) in [4.78, 5) is 3.39. The molecule has 0 aromatic carbocycles. The van der Waals surface area contributed by atoms with Crippen molar-refractivity contribution < 1.29 is 8.78 Å². The zero-order valence-electron chi connectivity index (χ0n) is 6.76. The molecule has 0 atom stereocenters. The molecule has 4 heteroatoms. The van der Waals surface area contributed by atoms with E-state index in [9.17, 15) is 8.78 Å². The van der Waals surface area contributed by atoms with E-state index in [1.54, 1.807) is 0 Å². The van der Waals surface area contributed by atoms with E-state index in [4.69, 9.17) is 0 Å². The monoisotopic (exact) mass is 164 g/mol. The molecule has 1 aliphatic heterocycles. The molecule has 1 saturated heterocycles. The van der Waals surface area contributed by atoms with Crippen molar-refractivity contribution in [2.24, 2.45) is 0 Å². The fourth-order valence-corrected chi connectivity index (χ4v) is 1.27. The normalized spacial score (nSPS) is 22.9. The van der Waals surface area contributed by atoms with E-state index in [0.717, 1.165) is 19.6 Å². The lowest BCUT2D eigenvalue weighted by Crippen LogP contribution is -2.47. The molecule has 0 unspecified atom stereocenters. The van der Waals surface area contributed by atoms with Gasteiger partial charge < -0.3 is 4.90 Å². The third-order valence-electron chi connectivity index (χ3n) is 2.13. The second kappa shape index (κ2) is 3.97. The first-order valence-electron chi connectivity index (χ1n) is 3.98. The maximum absolute atomic E-state index is 12.1. The van der Waals surface area contributed by atoms with Crippen LogP contribution in [0.2, 0.25) is 0 Å². The molecule has 0 aromatic heterocycles. The molecule has 1 heterocycles. The largest absolute Gasteiger partial charge is 0.301 e. The Balaban J connectivity index is 2.24. The molecule has 1 rings (SSSR count). The van der Waals surface area contributed by atoms with Crippen LogP contribution in [0.15, 0.2) is 0 Å². The lowest BCUT2D eigenvalue weighted by Gasteiger charge is -2.33. The van der Waals surface area contributed by atoms with Crippen LogP contribution < -0.4 is 0 Å². The summed E-state index contributed by atoms with van der Waals surface area (Å²) in [7, 11) is 0. The van der Waals surface area contributed by atoms with Crippen molar-refractivity contribution in [3.63, 3.8) is 0 Å². The van der Waals surface area contributed by atoms with Crippen molar-refractivity contribution in [3.05, 3.63) is 0 Å². The number of hydrogen-bond donors (Lipinski definition) is 0. The molecule has 0 N–H and O–H groups in total. The van der Waals surface area contributed by atoms with Gasteiger partial charge in [0.25, 0.3) is 6.55 Å². The van der Waals surface area contributed by atoms with Crippen LogP contribution in [0.5, 0.6) is 0 Å². The number of alkyl halides is 2. The average molecular weight is 164 g/mol. The smallest absolute Gasteiger partial charge is 0.294 e. The van der Waals surface area contributed by atoms with Gasteiger partial charge in [-0.2, -0.15) is 8.78 Å². The van der Waals surface area contributed by atoms with E-state index < -0.39 is 6.55 Å². The van der Waals surface area contributed by atoms with Crippen molar-refractivity contribution in [3.8, 4) is 0 Å². The van der Waals surface area contributed by atoms with Gasteiger partial charge >= 0.3 is 0 Å². The number of likely N-dealkylation sites (N-methyl/N-ethyl adjacent to an activating group) is 1. The predicted molar refractivity (Wildman–Crippen MR) is 39.7 cm³/mol. The summed E-state index contributed by atoms with van der Waals surface area (Å²) >= 11 is 0. The molecule has 1 aliphatic rings. The average Bonchev–Trinajstić information content (AvgIpc) is 2.05. The standard InChI is InChI=1S/C7H14F2N2/c1-2-10-3-5-11(6-4-10)7(8)9/h7H,2-6H2,1H3. The summed E-state index contributed by atoms with van der Waals surface area (Å²) in [6.07, 6.45) is 0. The Kier molecular flexibility index (Phi) is 3.20. The minimum absolute atomic E-state index is 0.505. The van der Waals surface area contributed by atoms with Gasteiger partial charge in [0, 0.05) is 26.2 Å². The van der Waals surface area contributed by atoms with Gasteiger partial charge in [-0.3, -0.25) is 0 Å². The molecule has 0 aliphatic carbocycles. The first-order chi connectivity index (χ1) is 5.24. The highest BCUT2D eigenvalue weighted by Gasteiger charge is 2.21. The first kappa shape index (κ1) is 8.87. The maximum Gasteiger partial charge on any atom is 0.294 e. The van der Waals surface area contributed by atoms with Crippen LogP contribution >= 0.6 is 0 Å². The van der Waals surface area contributed by atoms with Crippen LogP contribution in [0.4, 0.5) is 8.78 Å². The highest BCUT2D eigenvalue weighted by Crippen LogP contribution is 2.07. The molecule has 66 valence electrons. The summed E-state index contributed by atoms with van der Waals surface area (Å²) < 4.78 is 24.1. The Morgan fingerprint density at radius 3 is 2.09 bits per heavy atom. The van der Waals surface area contributed by atoms with Gasteiger partial charge in [-0.1, -0.05) is 6.92 Å². The summed E-state index contributed by atoms with van der Waals surface area (Å²) in [5.74, 6) is 0. The second-order valence-electron chi connectivity index (χ2n) is 2.75. The Labute approximate surface area is 65.8 Å². The summed E-state index contributed by atoms with van der Waals surface area (Å²) in [5, 5.41) is 0. The fourth-order valence-electron chi connectivity index (χ4n) is 1.27. The molecule has 0 spiro atoms. The molecule has 2 nitrogen and oxygen atoms in total. The van der Waals surface area contributed by atoms with Crippen LogP contribution in [-0.4, -0.2) is 49.1 Å². The number of hydrogen-bond acceptors (Lipinski definition) is 2. The van der Waals surface area contributed by atoms with Gasteiger partial charge in [-0.25, -0.2) is 4.90 Å². The number of nitrogens with zero attached hydrogens (tertiary/aromatic N) is 2. The number of halogens is 2. The second-order valence-corrected chi connectivity index (χ2v) is 2.75. The van der Waals surface area contributed by atoms with Crippen molar-refractivity contribution in [2.45, 2.75) is 13.5 Å². The third-order valence-corrected chi connectivity index (χ3v) is 2.13. The Morgan fingerprint density at radius 2 is 1.73 bits per heavy atom. The van der Waals surface area contributed by atoms with E-state index >= 15 is 0 Å². The van der Waals surface area contributed by atoms with E-state index in [-0.39, 0.29) is 0 Å². The first-order valence-corrected chi connectivity index (χ1v) is 3.98. The number of rotatable bonds is 2. The van der Waals surface area contributed by atoms with Crippen molar-refractivity contribution in [1.29, 1.82) is 0 Å². The van der Waals surface area contributed by atoms with Gasteiger partial charge in [0.15, 0.2) is 0 Å². The Hall–Kier alpha value is -0.220. The molecule has 1 fully saturated rings. The zero-order valence-corrected chi connectivity index (χ0v) is 6.76. The van der Waals surface area contributed by atoms with Crippen LogP contribution in [0.25, 0.3) is 0 Å². The van der Waals surface area contributed by atoms with Gasteiger partial charge in [0.1, 0.15) is 0 Å². The highest BCUT2D eigenvalue weighted by molar-refractivity contribution is 4.69. The van der Waals surface area contributed by atoms with E-state index in [2.05, 4.69) is 11.8 Å². The van der Waals surface area contributed by atoms with Gasteiger partial charge in [0.2, 0.25) is 0 Å².